The molecule has 0 spiro atoms. The van der Waals surface area contributed by atoms with Gasteiger partial charge in [-0.25, -0.2) is 4.79 Å². The molecule has 2 N–H and O–H groups in total. The molecule has 1 aromatic carbocycles. The van der Waals surface area contributed by atoms with Crippen molar-refractivity contribution in [1.82, 2.24) is 15.1 Å². The highest BCUT2D eigenvalue weighted by Gasteiger charge is 2.16. The van der Waals surface area contributed by atoms with Gasteiger partial charge in [0.1, 0.15) is 0 Å². The Morgan fingerprint density at radius 1 is 1.43 bits per heavy atom. The van der Waals surface area contributed by atoms with Gasteiger partial charge in [-0.05, 0) is 24.5 Å². The van der Waals surface area contributed by atoms with Crippen molar-refractivity contribution in [3.63, 3.8) is 0 Å². The summed E-state index contributed by atoms with van der Waals surface area (Å²) in [5.41, 5.74) is 1.53. The van der Waals surface area contributed by atoms with Crippen molar-refractivity contribution in [2.75, 3.05) is 11.9 Å². The molecule has 122 valence electrons. The monoisotopic (exact) mass is 334 g/mol. The van der Waals surface area contributed by atoms with E-state index in [1.54, 1.807) is 23.1 Å². The van der Waals surface area contributed by atoms with Crippen LogP contribution in [0.25, 0.3) is 0 Å². The third-order valence-corrected chi connectivity index (χ3v) is 4.07. The second-order valence-corrected chi connectivity index (χ2v) is 5.89. The van der Waals surface area contributed by atoms with Gasteiger partial charge in [-0.2, -0.15) is 5.10 Å². The molecule has 2 amide bonds. The maximum Gasteiger partial charge on any atom is 0.319 e. The average Bonchev–Trinajstić information content (AvgIpc) is 3.19. The highest BCUT2D eigenvalue weighted by Crippen LogP contribution is 2.16. The van der Waals surface area contributed by atoms with Crippen molar-refractivity contribution < 1.29 is 9.53 Å². The number of urea groups is 1. The first-order chi connectivity index (χ1) is 11.2. The number of carbonyl (C=O) groups excluding carboxylic acids is 1. The van der Waals surface area contributed by atoms with E-state index in [0.29, 0.717) is 23.8 Å². The summed E-state index contributed by atoms with van der Waals surface area (Å²) >= 11 is 6.06. The van der Waals surface area contributed by atoms with Crippen LogP contribution in [0.1, 0.15) is 18.4 Å². The zero-order valence-electron chi connectivity index (χ0n) is 12.7. The first-order valence-corrected chi connectivity index (χ1v) is 8.01. The second kappa shape index (κ2) is 7.48. The molecule has 0 aliphatic carbocycles. The Hall–Kier alpha value is -2.05. The summed E-state index contributed by atoms with van der Waals surface area (Å²) in [6, 6.07) is 7.12. The van der Waals surface area contributed by atoms with Crippen molar-refractivity contribution in [2.24, 2.45) is 0 Å². The smallest absolute Gasteiger partial charge is 0.319 e. The van der Waals surface area contributed by atoms with E-state index in [1.165, 1.54) is 0 Å². The lowest BCUT2D eigenvalue weighted by atomic mass is 10.2. The Labute approximate surface area is 139 Å². The van der Waals surface area contributed by atoms with Gasteiger partial charge < -0.3 is 15.4 Å². The quantitative estimate of drug-likeness (QED) is 0.883. The van der Waals surface area contributed by atoms with Crippen molar-refractivity contribution in [3.8, 4) is 0 Å². The normalized spacial score (nSPS) is 17.2. The molecule has 3 rings (SSSR count). The number of rotatable bonds is 5. The Balaban J connectivity index is 1.48. The Morgan fingerprint density at radius 3 is 3.09 bits per heavy atom. The molecule has 6 nitrogen and oxygen atoms in total. The number of halogens is 1. The first-order valence-electron chi connectivity index (χ1n) is 7.63. The predicted octanol–water partition coefficient (Wildman–Crippen LogP) is 3.04. The molecule has 1 unspecified atom stereocenters. The van der Waals surface area contributed by atoms with Gasteiger partial charge in [-0.3, -0.25) is 4.68 Å². The molecule has 0 bridgehead atoms. The SMILES string of the molecule is O=C(NCc1ccccc1Cl)Nc1cnn(CC2CCCO2)c1. The molecule has 1 fully saturated rings. The minimum absolute atomic E-state index is 0.219. The predicted molar refractivity (Wildman–Crippen MR) is 88.5 cm³/mol. The van der Waals surface area contributed by atoms with Gasteiger partial charge in [0.2, 0.25) is 0 Å². The van der Waals surface area contributed by atoms with Gasteiger partial charge in [-0.1, -0.05) is 29.8 Å². The summed E-state index contributed by atoms with van der Waals surface area (Å²) in [6.07, 6.45) is 5.81. The largest absolute Gasteiger partial charge is 0.376 e. The summed E-state index contributed by atoms with van der Waals surface area (Å²) < 4.78 is 7.36. The molecule has 0 radical (unpaired) electrons. The van der Waals surface area contributed by atoms with E-state index >= 15 is 0 Å². The maximum atomic E-state index is 11.9. The van der Waals surface area contributed by atoms with Crippen LogP contribution in [-0.4, -0.2) is 28.5 Å². The molecule has 23 heavy (non-hydrogen) atoms. The van der Waals surface area contributed by atoms with Crippen LogP contribution in [0.4, 0.5) is 10.5 Å². The third-order valence-electron chi connectivity index (χ3n) is 3.70. The van der Waals surface area contributed by atoms with E-state index in [-0.39, 0.29) is 12.1 Å². The fourth-order valence-electron chi connectivity index (χ4n) is 2.52. The molecule has 1 saturated heterocycles. The lowest BCUT2D eigenvalue weighted by Gasteiger charge is -2.09. The van der Waals surface area contributed by atoms with Gasteiger partial charge >= 0.3 is 6.03 Å². The van der Waals surface area contributed by atoms with Gasteiger partial charge in [0.25, 0.3) is 0 Å². The fourth-order valence-corrected chi connectivity index (χ4v) is 2.72. The van der Waals surface area contributed by atoms with Crippen LogP contribution >= 0.6 is 11.6 Å². The molecule has 2 aromatic rings. The lowest BCUT2D eigenvalue weighted by molar-refractivity contribution is 0.0940. The molecule has 1 aliphatic rings. The fraction of sp³-hybridized carbons (Fsp3) is 0.375. The van der Waals surface area contributed by atoms with Gasteiger partial charge in [0.05, 0.1) is 24.5 Å². The highest BCUT2D eigenvalue weighted by molar-refractivity contribution is 6.31. The zero-order valence-corrected chi connectivity index (χ0v) is 13.4. The number of aromatic nitrogens is 2. The summed E-state index contributed by atoms with van der Waals surface area (Å²) in [6.45, 7) is 1.90. The number of amides is 2. The minimum atomic E-state index is -0.290. The van der Waals surface area contributed by atoms with Gasteiger partial charge in [0.15, 0.2) is 0 Å². The molecule has 1 aliphatic heterocycles. The van der Waals surface area contributed by atoms with Crippen molar-refractivity contribution in [1.29, 1.82) is 0 Å². The Bertz CT molecular complexity index is 668. The van der Waals surface area contributed by atoms with Crippen LogP contribution in [0, 0.1) is 0 Å². The van der Waals surface area contributed by atoms with E-state index in [4.69, 9.17) is 16.3 Å². The number of carbonyl (C=O) groups is 1. The molecule has 1 aromatic heterocycles. The lowest BCUT2D eigenvalue weighted by Crippen LogP contribution is -2.28. The van der Waals surface area contributed by atoms with E-state index in [2.05, 4.69) is 15.7 Å². The van der Waals surface area contributed by atoms with E-state index < -0.39 is 0 Å². The number of hydrogen-bond donors (Lipinski definition) is 2. The second-order valence-electron chi connectivity index (χ2n) is 5.49. The maximum absolute atomic E-state index is 11.9. The van der Waals surface area contributed by atoms with Crippen molar-refractivity contribution in [2.45, 2.75) is 32.0 Å². The number of nitrogens with one attached hydrogen (secondary N) is 2. The molecule has 7 heteroatoms. The van der Waals surface area contributed by atoms with E-state index in [1.807, 2.05) is 18.2 Å². The molecule has 2 heterocycles. The Kier molecular flexibility index (Phi) is 5.15. The average molecular weight is 335 g/mol. The standard InChI is InChI=1S/C16H19ClN4O2/c17-15-6-2-1-4-12(15)8-18-16(22)20-13-9-19-21(10-13)11-14-5-3-7-23-14/h1-2,4,6,9-10,14H,3,5,7-8,11H2,(H2,18,20,22). The van der Waals surface area contributed by atoms with Crippen LogP contribution in [0.2, 0.25) is 5.02 Å². The van der Waals surface area contributed by atoms with Crippen LogP contribution in [-0.2, 0) is 17.8 Å². The highest BCUT2D eigenvalue weighted by atomic mass is 35.5. The van der Waals surface area contributed by atoms with Crippen molar-refractivity contribution in [3.05, 3.63) is 47.2 Å². The molecular weight excluding hydrogens is 316 g/mol. The third kappa shape index (κ3) is 4.46. The summed E-state index contributed by atoms with van der Waals surface area (Å²) in [7, 11) is 0. The number of ether oxygens (including phenoxy) is 1. The van der Waals surface area contributed by atoms with E-state index in [0.717, 1.165) is 25.0 Å². The number of benzene rings is 1. The molecule has 0 saturated carbocycles. The topological polar surface area (TPSA) is 68.2 Å². The Morgan fingerprint density at radius 2 is 2.30 bits per heavy atom. The summed E-state index contributed by atoms with van der Waals surface area (Å²) in [5, 5.41) is 10.4. The van der Waals surface area contributed by atoms with Crippen LogP contribution in [0.3, 0.4) is 0 Å². The number of anilines is 1. The number of nitrogens with zero attached hydrogens (tertiary/aromatic N) is 2. The van der Waals surface area contributed by atoms with Crippen LogP contribution < -0.4 is 10.6 Å². The van der Waals surface area contributed by atoms with Gasteiger partial charge in [0, 0.05) is 24.4 Å². The number of hydrogen-bond acceptors (Lipinski definition) is 3. The van der Waals surface area contributed by atoms with E-state index in [9.17, 15) is 4.79 Å². The van der Waals surface area contributed by atoms with Crippen molar-refractivity contribution >= 4 is 23.3 Å². The van der Waals surface area contributed by atoms with Crippen LogP contribution in [0.5, 0.6) is 0 Å². The van der Waals surface area contributed by atoms with Gasteiger partial charge in [-0.15, -0.1) is 0 Å². The molecule has 1 atom stereocenters. The van der Waals surface area contributed by atoms with Crippen LogP contribution in [0.15, 0.2) is 36.7 Å². The molecular formula is C16H19ClN4O2. The summed E-state index contributed by atoms with van der Waals surface area (Å²) in [5.74, 6) is 0. The minimum Gasteiger partial charge on any atom is -0.376 e. The summed E-state index contributed by atoms with van der Waals surface area (Å²) in [4.78, 5) is 11.9. The first kappa shape index (κ1) is 15.8. The zero-order chi connectivity index (χ0) is 16.1.